The summed E-state index contributed by atoms with van der Waals surface area (Å²) in [5.74, 6) is 0.234. The van der Waals surface area contributed by atoms with E-state index in [2.05, 4.69) is 27.8 Å². The van der Waals surface area contributed by atoms with E-state index >= 15 is 0 Å². The fourth-order valence-corrected chi connectivity index (χ4v) is 3.40. The average Bonchev–Trinajstić information content (AvgIpc) is 2.95. The van der Waals surface area contributed by atoms with Gasteiger partial charge in [0.05, 0.1) is 11.2 Å². The Bertz CT molecular complexity index is 1030. The van der Waals surface area contributed by atoms with E-state index in [-0.39, 0.29) is 17.2 Å². The minimum Gasteiger partial charge on any atom is -0.367 e. The molecule has 8 heteroatoms. The molecule has 0 saturated heterocycles. The number of nitrogen functional groups attached to an aromatic ring is 1. The van der Waals surface area contributed by atoms with Crippen molar-refractivity contribution in [2.45, 2.75) is 25.0 Å². The molecule has 0 aliphatic carbocycles. The first kappa shape index (κ1) is 17.0. The Morgan fingerprint density at radius 2 is 2.12 bits per heavy atom. The summed E-state index contributed by atoms with van der Waals surface area (Å²) >= 11 is 4.64. The zero-order chi connectivity index (χ0) is 18.5. The minimum absolute atomic E-state index is 0.234. The molecule has 1 aliphatic rings. The second-order valence-electron chi connectivity index (χ2n) is 7.04. The van der Waals surface area contributed by atoms with E-state index in [0.717, 1.165) is 33.7 Å². The summed E-state index contributed by atoms with van der Waals surface area (Å²) in [4.78, 5) is 4.46. The van der Waals surface area contributed by atoms with Gasteiger partial charge in [0.1, 0.15) is 0 Å². The first-order valence-corrected chi connectivity index (χ1v) is 8.86. The van der Waals surface area contributed by atoms with Crippen LogP contribution in [0.1, 0.15) is 19.5 Å². The van der Waals surface area contributed by atoms with Crippen LogP contribution in [0, 0.1) is 0 Å². The number of thiol groups is 1. The molecule has 3 heterocycles. The fourth-order valence-electron chi connectivity index (χ4n) is 3.25. The minimum atomic E-state index is -0.434. The third kappa shape index (κ3) is 2.94. The quantitative estimate of drug-likeness (QED) is 0.527. The second kappa shape index (κ2) is 6.05. The third-order valence-corrected chi connectivity index (χ3v) is 4.45. The Morgan fingerprint density at radius 1 is 1.31 bits per heavy atom. The zero-order valence-electron chi connectivity index (χ0n) is 14.6. The molecule has 6 nitrogen and oxygen atoms in total. The highest BCUT2D eigenvalue weighted by molar-refractivity contribution is 7.81. The number of hydrogen-bond donors (Lipinski definition) is 2. The normalized spacial score (nSPS) is 13.5. The maximum atomic E-state index is 12.6. The topological polar surface area (TPSA) is 71.6 Å². The number of nitrogens with zero attached hydrogens (tertiary/aromatic N) is 5. The van der Waals surface area contributed by atoms with Crippen molar-refractivity contribution in [3.05, 3.63) is 36.2 Å². The average molecular weight is 371 g/mol. The molecular weight excluding hydrogens is 351 g/mol. The van der Waals surface area contributed by atoms with Gasteiger partial charge in [0, 0.05) is 34.1 Å². The van der Waals surface area contributed by atoms with Crippen molar-refractivity contribution in [3.63, 3.8) is 0 Å². The summed E-state index contributed by atoms with van der Waals surface area (Å²) in [7, 11) is 0. The molecule has 26 heavy (non-hydrogen) atoms. The lowest BCUT2D eigenvalue weighted by molar-refractivity contribution is -0.525. The monoisotopic (exact) mass is 371 g/mol. The largest absolute Gasteiger partial charge is 0.367 e. The van der Waals surface area contributed by atoms with Gasteiger partial charge in [-0.05, 0) is 17.7 Å². The van der Waals surface area contributed by atoms with Crippen LogP contribution in [0.25, 0.3) is 16.6 Å². The maximum absolute atomic E-state index is 12.6. The Hall–Kier alpha value is -2.48. The third-order valence-electron chi connectivity index (χ3n) is 4.29. The number of azo groups is 2. The van der Waals surface area contributed by atoms with E-state index in [0.29, 0.717) is 6.42 Å². The molecule has 134 valence electrons. The van der Waals surface area contributed by atoms with Crippen LogP contribution in [0.2, 0.25) is 0 Å². The van der Waals surface area contributed by atoms with E-state index in [1.807, 2.05) is 44.3 Å². The lowest BCUT2D eigenvalue weighted by atomic mass is 10.0. The van der Waals surface area contributed by atoms with Gasteiger partial charge in [0.15, 0.2) is 6.67 Å². The van der Waals surface area contributed by atoms with Crippen molar-refractivity contribution >= 4 is 35.5 Å². The summed E-state index contributed by atoms with van der Waals surface area (Å²) in [5, 5.41) is 8.56. The van der Waals surface area contributed by atoms with Gasteiger partial charge in [0.2, 0.25) is 18.2 Å². The molecule has 1 aliphatic heterocycles. The van der Waals surface area contributed by atoms with E-state index in [9.17, 15) is 4.39 Å². The van der Waals surface area contributed by atoms with Gasteiger partial charge in [-0.3, -0.25) is 0 Å². The number of anilines is 1. The van der Waals surface area contributed by atoms with Crippen LogP contribution in [0.3, 0.4) is 0 Å². The molecule has 0 unspecified atom stereocenters. The van der Waals surface area contributed by atoms with Crippen LogP contribution in [0.15, 0.2) is 35.6 Å². The van der Waals surface area contributed by atoms with Crippen LogP contribution >= 0.6 is 12.6 Å². The van der Waals surface area contributed by atoms with Crippen molar-refractivity contribution < 1.29 is 9.09 Å². The van der Waals surface area contributed by atoms with Crippen LogP contribution in [-0.4, -0.2) is 37.3 Å². The lowest BCUT2D eigenvalue weighted by Gasteiger charge is -2.18. The number of benzene rings is 1. The first-order valence-electron chi connectivity index (χ1n) is 8.41. The van der Waals surface area contributed by atoms with E-state index in [1.54, 1.807) is 9.21 Å². The highest BCUT2D eigenvalue weighted by atomic mass is 32.1. The van der Waals surface area contributed by atoms with Crippen molar-refractivity contribution in [3.8, 4) is 11.1 Å². The molecule has 4 rings (SSSR count). The summed E-state index contributed by atoms with van der Waals surface area (Å²) in [6.07, 6.45) is 2.53. The summed E-state index contributed by atoms with van der Waals surface area (Å²) in [6.45, 7) is 3.91. The predicted molar refractivity (Wildman–Crippen MR) is 102 cm³/mol. The SMILES string of the molecule is CC(C)(S)Cc1nc(N)nn2ccc(-c3ccc4c(c3)[N+](CCF)=N4)c12. The Morgan fingerprint density at radius 3 is 2.85 bits per heavy atom. The maximum Gasteiger partial charge on any atom is 0.264 e. The number of fused-ring (bicyclic) bond motifs is 2. The van der Waals surface area contributed by atoms with E-state index in [1.165, 1.54) is 0 Å². The second-order valence-corrected chi connectivity index (χ2v) is 8.25. The summed E-state index contributed by atoms with van der Waals surface area (Å²) in [5.41, 5.74) is 11.5. The lowest BCUT2D eigenvalue weighted by Crippen LogP contribution is -2.17. The van der Waals surface area contributed by atoms with Gasteiger partial charge in [-0.1, -0.05) is 24.6 Å². The highest BCUT2D eigenvalue weighted by Gasteiger charge is 2.29. The van der Waals surface area contributed by atoms with Crippen molar-refractivity contribution in [2.24, 2.45) is 5.11 Å². The number of rotatable bonds is 5. The van der Waals surface area contributed by atoms with Crippen LogP contribution in [-0.2, 0) is 6.42 Å². The Balaban J connectivity index is 1.84. The molecule has 0 bridgehead atoms. The Kier molecular flexibility index (Phi) is 3.95. The number of hydrogen-bond acceptors (Lipinski definition) is 5. The number of aromatic nitrogens is 3. The number of halogens is 1. The molecular formula is C18H20FN6S+. The first-order chi connectivity index (χ1) is 12.4. The molecule has 0 spiro atoms. The van der Waals surface area contributed by atoms with E-state index < -0.39 is 6.67 Å². The van der Waals surface area contributed by atoms with Gasteiger partial charge in [-0.2, -0.15) is 12.6 Å². The molecule has 2 N–H and O–H groups in total. The zero-order valence-corrected chi connectivity index (χ0v) is 15.5. The summed E-state index contributed by atoms with van der Waals surface area (Å²) in [6, 6.07) is 7.98. The van der Waals surface area contributed by atoms with Gasteiger partial charge in [0.25, 0.3) is 5.69 Å². The van der Waals surface area contributed by atoms with Crippen molar-refractivity contribution in [1.29, 1.82) is 0 Å². The van der Waals surface area contributed by atoms with Crippen molar-refractivity contribution in [1.82, 2.24) is 14.6 Å². The van der Waals surface area contributed by atoms with Crippen LogP contribution in [0.4, 0.5) is 21.7 Å². The van der Waals surface area contributed by atoms with E-state index in [4.69, 9.17) is 5.73 Å². The molecule has 0 fully saturated rings. The molecule has 2 aromatic heterocycles. The number of nitrogens with two attached hydrogens (primary N) is 1. The fraction of sp³-hybridized carbons (Fsp3) is 0.333. The molecule has 0 radical (unpaired) electrons. The van der Waals surface area contributed by atoms with Crippen LogP contribution in [0.5, 0.6) is 0 Å². The molecule has 0 atom stereocenters. The van der Waals surface area contributed by atoms with Gasteiger partial charge in [-0.25, -0.2) is 13.9 Å². The highest BCUT2D eigenvalue weighted by Crippen LogP contribution is 2.41. The van der Waals surface area contributed by atoms with Gasteiger partial charge >= 0.3 is 0 Å². The molecule has 0 saturated carbocycles. The van der Waals surface area contributed by atoms with Gasteiger partial charge < -0.3 is 5.73 Å². The standard InChI is InChI=1S/C18H19FN6S/c1-18(2,26)10-14-16-12(5-7-25(16)23-17(20)21-14)11-3-4-13-15(9-11)24(22-13)8-6-19/h3-5,7,9H,6,8,10H2,1-2H3,(H2-,20,21,23,26)/p+1. The Labute approximate surface area is 156 Å². The summed E-state index contributed by atoms with van der Waals surface area (Å²) < 4.78 is 15.9. The van der Waals surface area contributed by atoms with Crippen molar-refractivity contribution in [2.75, 3.05) is 19.0 Å². The number of alkyl halides is 1. The smallest absolute Gasteiger partial charge is 0.264 e. The predicted octanol–water partition coefficient (Wildman–Crippen LogP) is 3.94. The molecule has 0 amide bonds. The van der Waals surface area contributed by atoms with Crippen LogP contribution < -0.4 is 5.73 Å². The van der Waals surface area contributed by atoms with Gasteiger partial charge in [-0.15, -0.1) is 5.10 Å². The molecule has 1 aromatic carbocycles. The molecule has 3 aromatic rings.